The van der Waals surface area contributed by atoms with Crippen LogP contribution in [-0.2, 0) is 6.54 Å². The zero-order chi connectivity index (χ0) is 13.9. The molecule has 1 aromatic rings. The summed E-state index contributed by atoms with van der Waals surface area (Å²) in [4.78, 5) is 0. The van der Waals surface area contributed by atoms with Gasteiger partial charge < -0.3 is 14.8 Å². The number of unbranched alkanes of at least 4 members (excludes halogenated alkanes) is 3. The highest BCUT2D eigenvalue weighted by Crippen LogP contribution is 2.28. The molecule has 0 bridgehead atoms. The first kappa shape index (κ1) is 15.8. The molecule has 3 nitrogen and oxygen atoms in total. The van der Waals surface area contributed by atoms with E-state index in [1.54, 1.807) is 7.11 Å². The maximum absolute atomic E-state index is 5.79. The van der Waals surface area contributed by atoms with Crippen LogP contribution >= 0.6 is 0 Å². The minimum Gasteiger partial charge on any atom is -0.493 e. The fourth-order valence-corrected chi connectivity index (χ4v) is 1.92. The van der Waals surface area contributed by atoms with Crippen molar-refractivity contribution in [2.75, 3.05) is 20.3 Å². The molecule has 0 radical (unpaired) electrons. The van der Waals surface area contributed by atoms with E-state index >= 15 is 0 Å². The average Bonchev–Trinajstić information content (AvgIpc) is 2.45. The monoisotopic (exact) mass is 265 g/mol. The van der Waals surface area contributed by atoms with Crippen molar-refractivity contribution >= 4 is 0 Å². The molecule has 0 aromatic heterocycles. The summed E-state index contributed by atoms with van der Waals surface area (Å²) >= 11 is 0. The summed E-state index contributed by atoms with van der Waals surface area (Å²) in [7, 11) is 1.69. The third-order valence-corrected chi connectivity index (χ3v) is 3.06. The van der Waals surface area contributed by atoms with Gasteiger partial charge >= 0.3 is 0 Å². The second-order valence-corrected chi connectivity index (χ2v) is 4.67. The van der Waals surface area contributed by atoms with Crippen LogP contribution in [0.25, 0.3) is 0 Å². The zero-order valence-corrected chi connectivity index (χ0v) is 12.5. The highest BCUT2D eigenvalue weighted by atomic mass is 16.5. The predicted octanol–water partition coefficient (Wildman–Crippen LogP) is 3.76. The van der Waals surface area contributed by atoms with E-state index in [1.807, 2.05) is 12.1 Å². The van der Waals surface area contributed by atoms with E-state index in [0.717, 1.165) is 37.6 Å². The number of methoxy groups -OCH3 is 1. The standard InChI is InChI=1S/C16H27NO2/c1-4-6-7-8-11-19-15-10-9-14(13-17-5-2)12-16(15)18-3/h9-10,12,17H,4-8,11,13H2,1-3H3. The summed E-state index contributed by atoms with van der Waals surface area (Å²) < 4.78 is 11.2. The summed E-state index contributed by atoms with van der Waals surface area (Å²) in [5.74, 6) is 1.67. The predicted molar refractivity (Wildman–Crippen MR) is 80.0 cm³/mol. The van der Waals surface area contributed by atoms with Gasteiger partial charge in [-0.1, -0.05) is 39.2 Å². The Bertz CT molecular complexity index is 353. The van der Waals surface area contributed by atoms with Gasteiger partial charge in [-0.05, 0) is 30.7 Å². The molecule has 0 spiro atoms. The van der Waals surface area contributed by atoms with Crippen LogP contribution in [0.15, 0.2) is 18.2 Å². The lowest BCUT2D eigenvalue weighted by Crippen LogP contribution is -2.11. The SMILES string of the molecule is CCCCCCOc1ccc(CNCC)cc1OC. The molecule has 1 aromatic carbocycles. The van der Waals surface area contributed by atoms with Gasteiger partial charge in [0.05, 0.1) is 13.7 Å². The molecular weight excluding hydrogens is 238 g/mol. The van der Waals surface area contributed by atoms with Gasteiger partial charge in [0.15, 0.2) is 11.5 Å². The van der Waals surface area contributed by atoms with E-state index in [9.17, 15) is 0 Å². The van der Waals surface area contributed by atoms with E-state index in [0.29, 0.717) is 0 Å². The first-order valence-corrected chi connectivity index (χ1v) is 7.32. The van der Waals surface area contributed by atoms with Crippen LogP contribution in [0.4, 0.5) is 0 Å². The lowest BCUT2D eigenvalue weighted by atomic mass is 10.2. The van der Waals surface area contributed by atoms with Crippen LogP contribution in [-0.4, -0.2) is 20.3 Å². The third kappa shape index (κ3) is 5.97. The summed E-state index contributed by atoms with van der Waals surface area (Å²) in [6.45, 7) is 6.92. The Balaban J connectivity index is 2.48. The van der Waals surface area contributed by atoms with Crippen molar-refractivity contribution in [2.24, 2.45) is 0 Å². The molecule has 3 heteroatoms. The van der Waals surface area contributed by atoms with Gasteiger partial charge in [0.1, 0.15) is 0 Å². The molecule has 0 aliphatic carbocycles. The summed E-state index contributed by atoms with van der Waals surface area (Å²) in [5.41, 5.74) is 1.22. The summed E-state index contributed by atoms with van der Waals surface area (Å²) in [6, 6.07) is 6.14. The molecule has 1 rings (SSSR count). The Hall–Kier alpha value is -1.22. The van der Waals surface area contributed by atoms with E-state index in [-0.39, 0.29) is 0 Å². The summed E-state index contributed by atoms with van der Waals surface area (Å²) in [6.07, 6.45) is 4.87. The first-order chi connectivity index (χ1) is 9.31. The van der Waals surface area contributed by atoms with Gasteiger partial charge in [-0.2, -0.15) is 0 Å². The molecule has 1 N–H and O–H groups in total. The zero-order valence-electron chi connectivity index (χ0n) is 12.5. The Morgan fingerprint density at radius 2 is 1.89 bits per heavy atom. The quantitative estimate of drug-likeness (QED) is 0.653. The maximum Gasteiger partial charge on any atom is 0.161 e. The highest BCUT2D eigenvalue weighted by Gasteiger charge is 2.05. The lowest BCUT2D eigenvalue weighted by molar-refractivity contribution is 0.285. The van der Waals surface area contributed by atoms with Crippen LogP contribution in [0.5, 0.6) is 11.5 Å². The molecular formula is C16H27NO2. The van der Waals surface area contributed by atoms with E-state index in [2.05, 4.69) is 25.2 Å². The molecule has 0 atom stereocenters. The number of hydrogen-bond donors (Lipinski definition) is 1. The van der Waals surface area contributed by atoms with Crippen LogP contribution in [0.3, 0.4) is 0 Å². The average molecular weight is 265 g/mol. The first-order valence-electron chi connectivity index (χ1n) is 7.32. The van der Waals surface area contributed by atoms with Gasteiger partial charge in [0.2, 0.25) is 0 Å². The van der Waals surface area contributed by atoms with Gasteiger partial charge in [-0.25, -0.2) is 0 Å². The van der Waals surface area contributed by atoms with Crippen molar-refractivity contribution in [3.05, 3.63) is 23.8 Å². The number of rotatable bonds is 10. The molecule has 108 valence electrons. The van der Waals surface area contributed by atoms with Crippen LogP contribution in [0, 0.1) is 0 Å². The van der Waals surface area contributed by atoms with Crippen molar-refractivity contribution in [1.29, 1.82) is 0 Å². The molecule has 19 heavy (non-hydrogen) atoms. The van der Waals surface area contributed by atoms with Crippen LogP contribution in [0.1, 0.15) is 45.1 Å². The Morgan fingerprint density at radius 1 is 1.05 bits per heavy atom. The molecule has 0 aliphatic heterocycles. The third-order valence-electron chi connectivity index (χ3n) is 3.06. The number of hydrogen-bond acceptors (Lipinski definition) is 3. The molecule has 0 amide bonds. The molecule has 0 aliphatic rings. The molecule has 0 saturated heterocycles. The fraction of sp³-hybridized carbons (Fsp3) is 0.625. The van der Waals surface area contributed by atoms with Crippen molar-refractivity contribution in [1.82, 2.24) is 5.32 Å². The Labute approximate surface area is 117 Å². The van der Waals surface area contributed by atoms with E-state index in [4.69, 9.17) is 9.47 Å². The van der Waals surface area contributed by atoms with Gasteiger partial charge in [0, 0.05) is 6.54 Å². The lowest BCUT2D eigenvalue weighted by Gasteiger charge is -2.12. The maximum atomic E-state index is 5.79. The Kier molecular flexibility index (Phi) is 8.07. The smallest absolute Gasteiger partial charge is 0.161 e. The molecule has 0 saturated carbocycles. The number of ether oxygens (including phenoxy) is 2. The van der Waals surface area contributed by atoms with E-state index in [1.165, 1.54) is 24.8 Å². The van der Waals surface area contributed by atoms with Crippen molar-refractivity contribution in [2.45, 2.75) is 46.1 Å². The second kappa shape index (κ2) is 9.68. The van der Waals surface area contributed by atoms with Crippen molar-refractivity contribution in [3.8, 4) is 11.5 Å². The largest absolute Gasteiger partial charge is 0.493 e. The van der Waals surface area contributed by atoms with Crippen LogP contribution in [0.2, 0.25) is 0 Å². The molecule has 0 fully saturated rings. The summed E-state index contributed by atoms with van der Waals surface area (Å²) in [5, 5.41) is 3.31. The normalized spacial score (nSPS) is 10.5. The van der Waals surface area contributed by atoms with Gasteiger partial charge in [0.25, 0.3) is 0 Å². The van der Waals surface area contributed by atoms with Crippen molar-refractivity contribution in [3.63, 3.8) is 0 Å². The molecule has 0 heterocycles. The Morgan fingerprint density at radius 3 is 2.58 bits per heavy atom. The fourth-order valence-electron chi connectivity index (χ4n) is 1.92. The second-order valence-electron chi connectivity index (χ2n) is 4.67. The topological polar surface area (TPSA) is 30.5 Å². The minimum absolute atomic E-state index is 0.767. The van der Waals surface area contributed by atoms with Gasteiger partial charge in [-0.3, -0.25) is 0 Å². The number of benzene rings is 1. The number of nitrogens with one attached hydrogen (secondary N) is 1. The van der Waals surface area contributed by atoms with E-state index < -0.39 is 0 Å². The highest BCUT2D eigenvalue weighted by molar-refractivity contribution is 5.42. The molecule has 0 unspecified atom stereocenters. The minimum atomic E-state index is 0.767. The van der Waals surface area contributed by atoms with Gasteiger partial charge in [-0.15, -0.1) is 0 Å². The van der Waals surface area contributed by atoms with Crippen LogP contribution < -0.4 is 14.8 Å². The van der Waals surface area contributed by atoms with Crippen molar-refractivity contribution < 1.29 is 9.47 Å².